The molecule has 5 aliphatic carbocycles. The average molecular weight is 332 g/mol. The molecule has 5 rings (SSSR count). The Hall–Kier alpha value is -1.39. The summed E-state index contributed by atoms with van der Waals surface area (Å²) in [5.74, 6) is 1.65. The van der Waals surface area contributed by atoms with Crippen LogP contribution >= 0.6 is 0 Å². The summed E-state index contributed by atoms with van der Waals surface area (Å²) in [5, 5.41) is 3.00. The lowest BCUT2D eigenvalue weighted by atomic mass is 9.49. The number of amides is 2. The molecule has 0 radical (unpaired) electrons. The van der Waals surface area contributed by atoms with Gasteiger partial charge in [0, 0.05) is 18.3 Å². The molecule has 0 aromatic carbocycles. The number of primary amides is 1. The lowest BCUT2D eigenvalue weighted by Gasteiger charge is -2.56. The van der Waals surface area contributed by atoms with Crippen LogP contribution in [-0.2, 0) is 14.4 Å². The first kappa shape index (κ1) is 16.1. The van der Waals surface area contributed by atoms with Crippen LogP contribution in [0.25, 0.3) is 0 Å². The van der Waals surface area contributed by atoms with Crippen molar-refractivity contribution in [2.45, 2.75) is 70.3 Å². The molecule has 2 amide bonds. The number of carbonyl (C=O) groups excluding carboxylic acids is 3. The van der Waals surface area contributed by atoms with Gasteiger partial charge in [-0.05, 0) is 75.0 Å². The van der Waals surface area contributed by atoms with Gasteiger partial charge < -0.3 is 11.1 Å². The van der Waals surface area contributed by atoms with Crippen molar-refractivity contribution < 1.29 is 14.4 Å². The Kier molecular flexibility index (Phi) is 3.92. The molecule has 5 saturated carbocycles. The van der Waals surface area contributed by atoms with Gasteiger partial charge in [-0.1, -0.05) is 0 Å². The molecule has 0 aromatic rings. The Morgan fingerprint density at radius 2 is 1.67 bits per heavy atom. The van der Waals surface area contributed by atoms with Gasteiger partial charge in [-0.3, -0.25) is 14.4 Å². The fourth-order valence-corrected chi connectivity index (χ4v) is 6.45. The molecule has 5 aliphatic rings. The van der Waals surface area contributed by atoms with Gasteiger partial charge in [-0.25, -0.2) is 0 Å². The van der Waals surface area contributed by atoms with Crippen LogP contribution in [0.1, 0.15) is 64.2 Å². The minimum absolute atomic E-state index is 0.0309. The first-order valence-corrected chi connectivity index (χ1v) is 9.57. The third-order valence-electron chi connectivity index (χ3n) is 7.10. The van der Waals surface area contributed by atoms with Gasteiger partial charge in [0.25, 0.3) is 0 Å². The van der Waals surface area contributed by atoms with Crippen LogP contribution in [0.15, 0.2) is 0 Å². The maximum atomic E-state index is 13.1. The number of hydrogen-bond acceptors (Lipinski definition) is 3. The van der Waals surface area contributed by atoms with Crippen LogP contribution in [0.4, 0.5) is 0 Å². The van der Waals surface area contributed by atoms with Crippen molar-refractivity contribution >= 4 is 17.6 Å². The second-order valence-electron chi connectivity index (χ2n) is 8.95. The molecule has 5 heteroatoms. The van der Waals surface area contributed by atoms with Gasteiger partial charge >= 0.3 is 0 Å². The van der Waals surface area contributed by atoms with Crippen molar-refractivity contribution in [2.75, 3.05) is 0 Å². The molecule has 0 aromatic heterocycles. The molecule has 0 unspecified atom stereocenters. The van der Waals surface area contributed by atoms with Crippen LogP contribution in [0.2, 0.25) is 0 Å². The van der Waals surface area contributed by atoms with E-state index >= 15 is 0 Å². The zero-order valence-electron chi connectivity index (χ0n) is 14.3. The maximum Gasteiger partial charge on any atom is 0.240 e. The summed E-state index contributed by atoms with van der Waals surface area (Å²) < 4.78 is 0. The van der Waals surface area contributed by atoms with Crippen LogP contribution in [0.5, 0.6) is 0 Å². The van der Waals surface area contributed by atoms with Crippen molar-refractivity contribution in [2.24, 2.45) is 34.8 Å². The van der Waals surface area contributed by atoms with Gasteiger partial charge in [-0.15, -0.1) is 0 Å². The number of Topliss-reactive ketones (excluding diaryl/α,β-unsaturated/α-hetero) is 1. The zero-order chi connectivity index (χ0) is 16.9. The highest BCUT2D eigenvalue weighted by Crippen LogP contribution is 2.60. The van der Waals surface area contributed by atoms with E-state index in [1.807, 2.05) is 0 Å². The van der Waals surface area contributed by atoms with Gasteiger partial charge in [0.1, 0.15) is 11.8 Å². The second-order valence-corrected chi connectivity index (χ2v) is 8.95. The topological polar surface area (TPSA) is 89.3 Å². The molecule has 2 atom stereocenters. The van der Waals surface area contributed by atoms with Crippen molar-refractivity contribution in [3.8, 4) is 0 Å². The number of carbonyl (C=O) groups is 3. The highest BCUT2D eigenvalue weighted by atomic mass is 16.2. The summed E-state index contributed by atoms with van der Waals surface area (Å²) in [4.78, 5) is 36.8. The minimum Gasteiger partial charge on any atom is -0.368 e. The molecule has 0 aliphatic heterocycles. The number of hydrogen-bond donors (Lipinski definition) is 2. The molecular weight excluding hydrogens is 304 g/mol. The number of nitrogens with two attached hydrogens (primary N) is 1. The van der Waals surface area contributed by atoms with Crippen molar-refractivity contribution in [1.82, 2.24) is 5.32 Å². The lowest BCUT2D eigenvalue weighted by molar-refractivity contribution is -0.149. The van der Waals surface area contributed by atoms with E-state index in [1.54, 1.807) is 0 Å². The maximum absolute atomic E-state index is 13.1. The molecule has 0 heterocycles. The molecule has 3 N–H and O–H groups in total. The first-order valence-electron chi connectivity index (χ1n) is 9.57. The fourth-order valence-electron chi connectivity index (χ4n) is 6.45. The molecule has 132 valence electrons. The molecule has 24 heavy (non-hydrogen) atoms. The summed E-state index contributed by atoms with van der Waals surface area (Å²) >= 11 is 0. The van der Waals surface area contributed by atoms with Crippen LogP contribution in [-0.4, -0.2) is 23.6 Å². The third-order valence-corrected chi connectivity index (χ3v) is 7.10. The van der Waals surface area contributed by atoms with Gasteiger partial charge in [0.15, 0.2) is 0 Å². The van der Waals surface area contributed by atoms with E-state index < -0.39 is 11.9 Å². The molecule has 0 saturated heterocycles. The Morgan fingerprint density at radius 3 is 2.17 bits per heavy atom. The predicted octanol–water partition coefficient (Wildman–Crippen LogP) is 1.93. The summed E-state index contributed by atoms with van der Waals surface area (Å²) in [5.41, 5.74) is 5.31. The third kappa shape index (κ3) is 2.76. The highest BCUT2D eigenvalue weighted by Gasteiger charge is 2.55. The van der Waals surface area contributed by atoms with Crippen molar-refractivity contribution in [1.29, 1.82) is 0 Å². The van der Waals surface area contributed by atoms with Crippen LogP contribution in [0, 0.1) is 29.1 Å². The molecule has 5 nitrogen and oxygen atoms in total. The van der Waals surface area contributed by atoms with E-state index in [1.165, 1.54) is 19.3 Å². The van der Waals surface area contributed by atoms with Gasteiger partial charge in [0.05, 0.1) is 0 Å². The van der Waals surface area contributed by atoms with E-state index in [-0.39, 0.29) is 23.0 Å². The summed E-state index contributed by atoms with van der Waals surface area (Å²) in [6, 6.07) is -0.685. The Morgan fingerprint density at radius 1 is 1.08 bits per heavy atom. The fraction of sp³-hybridized carbons (Fsp3) is 0.842. The second kappa shape index (κ2) is 5.85. The van der Waals surface area contributed by atoms with Crippen LogP contribution in [0.3, 0.4) is 0 Å². The monoisotopic (exact) mass is 332 g/mol. The molecule has 4 bridgehead atoms. The standard InChI is InChI=1S/C19H28N2O3/c20-17(23)16(14-2-1-3-15(22)7-14)21-18(24)19-8-11-4-12(9-19)6-13(5-11)10-19/h11-14,16H,1-10H2,(H2,20,23)(H,21,24)/t11?,12?,13?,14-,16+,19?/m1/s1. The number of nitrogens with one attached hydrogen (secondary N) is 1. The van der Waals surface area contributed by atoms with Crippen molar-refractivity contribution in [3.63, 3.8) is 0 Å². The van der Waals surface area contributed by atoms with Gasteiger partial charge in [0.2, 0.25) is 11.8 Å². The van der Waals surface area contributed by atoms with Crippen LogP contribution < -0.4 is 11.1 Å². The van der Waals surface area contributed by atoms with E-state index in [0.29, 0.717) is 30.6 Å². The number of rotatable bonds is 4. The van der Waals surface area contributed by atoms with Crippen molar-refractivity contribution in [3.05, 3.63) is 0 Å². The Bertz CT molecular complexity index is 536. The van der Waals surface area contributed by atoms with E-state index in [4.69, 9.17) is 5.73 Å². The Balaban J connectivity index is 1.49. The van der Waals surface area contributed by atoms with E-state index in [9.17, 15) is 14.4 Å². The summed E-state index contributed by atoms with van der Waals surface area (Å²) in [6.07, 6.45) is 9.30. The van der Waals surface area contributed by atoms with Gasteiger partial charge in [-0.2, -0.15) is 0 Å². The van der Waals surface area contributed by atoms with E-state index in [2.05, 4.69) is 5.32 Å². The summed E-state index contributed by atoms with van der Waals surface area (Å²) in [6.45, 7) is 0. The zero-order valence-corrected chi connectivity index (χ0v) is 14.3. The minimum atomic E-state index is -0.685. The normalized spacial score (nSPS) is 41.9. The SMILES string of the molecule is NC(=O)[C@@H](NC(=O)C12CC3CC(CC(C3)C1)C2)[C@@H]1CCCC(=O)C1. The predicted molar refractivity (Wildman–Crippen MR) is 88.7 cm³/mol. The Labute approximate surface area is 143 Å². The van der Waals surface area contributed by atoms with E-state index in [0.717, 1.165) is 32.1 Å². The lowest BCUT2D eigenvalue weighted by Crippen LogP contribution is -2.58. The number of ketones is 1. The highest BCUT2D eigenvalue weighted by molar-refractivity contribution is 5.90. The first-order chi connectivity index (χ1) is 11.4. The largest absolute Gasteiger partial charge is 0.368 e. The smallest absolute Gasteiger partial charge is 0.240 e. The average Bonchev–Trinajstić information content (AvgIpc) is 2.50. The summed E-state index contributed by atoms with van der Waals surface area (Å²) in [7, 11) is 0. The molecule has 5 fully saturated rings. The quantitative estimate of drug-likeness (QED) is 0.824. The molecular formula is C19H28N2O3. The molecule has 0 spiro atoms.